The molecule has 2 aromatic carbocycles. The lowest BCUT2D eigenvalue weighted by Crippen LogP contribution is -2.38. The van der Waals surface area contributed by atoms with Gasteiger partial charge in [0, 0.05) is 17.5 Å². The first-order valence-electron chi connectivity index (χ1n) is 7.66. The molecular weight excluding hydrogens is 307 g/mol. The number of phenolic OH excluding ortho intramolecular Hbond substituents is 1. The number of hydrogen-bond donors (Lipinski definition) is 1. The molecule has 0 saturated heterocycles. The Hall–Kier alpha value is -3.08. The maximum atomic E-state index is 13.8. The number of nitrogens with zero attached hydrogens (tertiary/aromatic N) is 2. The Labute approximate surface area is 138 Å². The molecule has 1 atom stereocenters. The van der Waals surface area contributed by atoms with Crippen LogP contribution in [0.5, 0.6) is 5.75 Å². The molecule has 120 valence electrons. The van der Waals surface area contributed by atoms with Crippen LogP contribution in [0.4, 0.5) is 10.1 Å². The van der Waals surface area contributed by atoms with E-state index >= 15 is 0 Å². The molecule has 0 bridgehead atoms. The quantitative estimate of drug-likeness (QED) is 0.735. The minimum atomic E-state index is -0.389. The van der Waals surface area contributed by atoms with Crippen LogP contribution in [0.3, 0.4) is 0 Å². The summed E-state index contributed by atoms with van der Waals surface area (Å²) in [4.78, 5) is 14.6. The van der Waals surface area contributed by atoms with E-state index in [0.717, 1.165) is 11.4 Å². The van der Waals surface area contributed by atoms with E-state index < -0.39 is 0 Å². The highest BCUT2D eigenvalue weighted by atomic mass is 19.1. The second-order valence-corrected chi connectivity index (χ2v) is 5.83. The summed E-state index contributed by atoms with van der Waals surface area (Å²) in [6.07, 6.45) is 1.91. The molecule has 2 heterocycles. The molecule has 1 amide bonds. The highest BCUT2D eigenvalue weighted by Crippen LogP contribution is 2.40. The van der Waals surface area contributed by atoms with Crippen molar-refractivity contribution in [3.63, 3.8) is 0 Å². The van der Waals surface area contributed by atoms with E-state index in [9.17, 15) is 14.3 Å². The van der Waals surface area contributed by atoms with Crippen molar-refractivity contribution in [1.29, 1.82) is 0 Å². The second-order valence-electron chi connectivity index (χ2n) is 5.83. The predicted octanol–water partition coefficient (Wildman–Crippen LogP) is 4.04. The number of fused-ring (bicyclic) bond motifs is 3. The molecule has 1 aliphatic heterocycles. The van der Waals surface area contributed by atoms with Gasteiger partial charge in [0.25, 0.3) is 5.91 Å². The van der Waals surface area contributed by atoms with Gasteiger partial charge in [-0.1, -0.05) is 0 Å². The lowest BCUT2D eigenvalue weighted by molar-refractivity contribution is 0.0976. The lowest BCUT2D eigenvalue weighted by Gasteiger charge is -2.36. The fraction of sp³-hybridized carbons (Fsp3) is 0.105. The zero-order valence-electron chi connectivity index (χ0n) is 13.0. The van der Waals surface area contributed by atoms with Gasteiger partial charge in [-0.15, -0.1) is 0 Å². The minimum absolute atomic E-state index is 0.0959. The molecule has 4 rings (SSSR count). The summed E-state index contributed by atoms with van der Waals surface area (Å²) in [5, 5.41) is 9.42. The van der Waals surface area contributed by atoms with Gasteiger partial charge < -0.3 is 9.67 Å². The van der Waals surface area contributed by atoms with Gasteiger partial charge in [0.1, 0.15) is 11.6 Å². The van der Waals surface area contributed by atoms with Crippen molar-refractivity contribution in [3.8, 4) is 11.4 Å². The maximum absolute atomic E-state index is 13.8. The third-order valence-electron chi connectivity index (χ3n) is 4.39. The van der Waals surface area contributed by atoms with E-state index in [4.69, 9.17) is 0 Å². The van der Waals surface area contributed by atoms with Crippen molar-refractivity contribution < 1.29 is 14.3 Å². The maximum Gasteiger partial charge on any atom is 0.258 e. The number of anilines is 1. The van der Waals surface area contributed by atoms with Crippen LogP contribution in [0.15, 0.2) is 60.8 Å². The standard InChI is InChI=1S/C19H15FN2O2/c1-12-16-3-2-10-21(16)17-9-6-14(20)11-18(17)22(12)19(24)13-4-7-15(23)8-5-13/h2-12,23H,1H3/t12-/m1/s1. The van der Waals surface area contributed by atoms with Crippen LogP contribution >= 0.6 is 0 Å². The molecular formula is C19H15FN2O2. The van der Waals surface area contributed by atoms with Crippen molar-refractivity contribution in [2.24, 2.45) is 0 Å². The number of halogens is 1. The van der Waals surface area contributed by atoms with E-state index in [1.54, 1.807) is 23.1 Å². The second kappa shape index (κ2) is 5.23. The number of hydrogen-bond acceptors (Lipinski definition) is 2. The first kappa shape index (κ1) is 14.5. The summed E-state index contributed by atoms with van der Waals surface area (Å²) in [6.45, 7) is 1.91. The van der Waals surface area contributed by atoms with E-state index in [-0.39, 0.29) is 23.5 Å². The normalized spacial score (nSPS) is 15.8. The summed E-state index contributed by atoms with van der Waals surface area (Å²) in [5.41, 5.74) is 2.70. The Kier molecular flexibility index (Phi) is 3.16. The van der Waals surface area contributed by atoms with Gasteiger partial charge in [0.2, 0.25) is 0 Å². The van der Waals surface area contributed by atoms with Gasteiger partial charge in [-0.05, 0) is 61.5 Å². The lowest BCUT2D eigenvalue weighted by atomic mass is 10.0. The highest BCUT2D eigenvalue weighted by molar-refractivity contribution is 6.08. The van der Waals surface area contributed by atoms with E-state index in [1.165, 1.54) is 24.3 Å². The van der Waals surface area contributed by atoms with Gasteiger partial charge in [-0.25, -0.2) is 4.39 Å². The summed E-state index contributed by atoms with van der Waals surface area (Å²) < 4.78 is 15.8. The van der Waals surface area contributed by atoms with Crippen LogP contribution in [0.25, 0.3) is 5.69 Å². The molecule has 0 unspecified atom stereocenters. The van der Waals surface area contributed by atoms with Crippen LogP contribution in [0.1, 0.15) is 29.0 Å². The highest BCUT2D eigenvalue weighted by Gasteiger charge is 2.33. The molecule has 3 aromatic rings. The van der Waals surface area contributed by atoms with Gasteiger partial charge in [0.05, 0.1) is 17.4 Å². The summed E-state index contributed by atoms with van der Waals surface area (Å²) >= 11 is 0. The van der Waals surface area contributed by atoms with Crippen molar-refractivity contribution in [1.82, 2.24) is 4.57 Å². The third-order valence-corrected chi connectivity index (χ3v) is 4.39. The van der Waals surface area contributed by atoms with Crippen LogP contribution in [-0.4, -0.2) is 15.6 Å². The smallest absolute Gasteiger partial charge is 0.258 e. The number of amides is 1. The molecule has 1 N–H and O–H groups in total. The van der Waals surface area contributed by atoms with Crippen molar-refractivity contribution >= 4 is 11.6 Å². The minimum Gasteiger partial charge on any atom is -0.508 e. The number of aromatic hydroxyl groups is 1. The molecule has 1 aromatic heterocycles. The summed E-state index contributed by atoms with van der Waals surface area (Å²) in [6, 6.07) is 14.1. The summed E-state index contributed by atoms with van der Waals surface area (Å²) in [5.74, 6) is -0.527. The number of benzene rings is 2. The number of carbonyl (C=O) groups excluding carboxylic acids is 1. The fourth-order valence-electron chi connectivity index (χ4n) is 3.22. The van der Waals surface area contributed by atoms with Crippen molar-refractivity contribution in [2.45, 2.75) is 13.0 Å². The SMILES string of the molecule is C[C@@H]1c2cccn2-c2ccc(F)cc2N1C(=O)c1ccc(O)cc1. The number of phenols is 1. The molecule has 24 heavy (non-hydrogen) atoms. The number of aromatic nitrogens is 1. The van der Waals surface area contributed by atoms with Crippen LogP contribution in [0.2, 0.25) is 0 Å². The first-order valence-corrected chi connectivity index (χ1v) is 7.66. The van der Waals surface area contributed by atoms with Gasteiger partial charge in [-0.2, -0.15) is 0 Å². The largest absolute Gasteiger partial charge is 0.508 e. The molecule has 0 fully saturated rings. The Morgan fingerprint density at radius 1 is 1.08 bits per heavy atom. The van der Waals surface area contributed by atoms with Crippen molar-refractivity contribution in [2.75, 3.05) is 4.90 Å². The predicted molar refractivity (Wildman–Crippen MR) is 89.1 cm³/mol. The van der Waals surface area contributed by atoms with E-state index in [2.05, 4.69) is 0 Å². The molecule has 0 radical (unpaired) electrons. The molecule has 0 spiro atoms. The average molecular weight is 322 g/mol. The zero-order chi connectivity index (χ0) is 16.8. The van der Waals surface area contributed by atoms with E-state index in [0.29, 0.717) is 11.3 Å². The number of rotatable bonds is 1. The van der Waals surface area contributed by atoms with Crippen LogP contribution in [0, 0.1) is 5.82 Å². The summed E-state index contributed by atoms with van der Waals surface area (Å²) in [7, 11) is 0. The molecule has 1 aliphatic rings. The Balaban J connectivity index is 1.88. The Morgan fingerprint density at radius 2 is 1.83 bits per heavy atom. The van der Waals surface area contributed by atoms with Crippen LogP contribution < -0.4 is 4.90 Å². The molecule has 5 heteroatoms. The van der Waals surface area contributed by atoms with Gasteiger partial charge >= 0.3 is 0 Å². The first-order chi connectivity index (χ1) is 11.6. The third kappa shape index (κ3) is 2.09. The monoisotopic (exact) mass is 322 g/mol. The number of carbonyl (C=O) groups is 1. The van der Waals surface area contributed by atoms with E-state index in [1.807, 2.05) is 29.8 Å². The zero-order valence-corrected chi connectivity index (χ0v) is 13.0. The van der Waals surface area contributed by atoms with Crippen LogP contribution in [-0.2, 0) is 0 Å². The fourth-order valence-corrected chi connectivity index (χ4v) is 3.22. The Bertz CT molecular complexity index is 931. The molecule has 0 saturated carbocycles. The van der Waals surface area contributed by atoms with Gasteiger partial charge in [-0.3, -0.25) is 9.69 Å². The van der Waals surface area contributed by atoms with Crippen molar-refractivity contribution in [3.05, 3.63) is 77.9 Å². The van der Waals surface area contributed by atoms with Gasteiger partial charge in [0.15, 0.2) is 0 Å². The topological polar surface area (TPSA) is 45.5 Å². The average Bonchev–Trinajstić information content (AvgIpc) is 3.05. The Morgan fingerprint density at radius 3 is 2.58 bits per heavy atom. The molecule has 4 nitrogen and oxygen atoms in total. The molecule has 0 aliphatic carbocycles.